The van der Waals surface area contributed by atoms with Crippen molar-refractivity contribution in [2.75, 3.05) is 0 Å². The van der Waals surface area contributed by atoms with E-state index >= 15 is 0 Å². The molecule has 0 amide bonds. The first-order valence-electron chi connectivity index (χ1n) is 6.92. The van der Waals surface area contributed by atoms with E-state index in [9.17, 15) is 8.42 Å². The largest absolute Gasteiger partial charge is 0.309 e. The predicted octanol–water partition coefficient (Wildman–Crippen LogP) is 2.50. The van der Waals surface area contributed by atoms with Gasteiger partial charge in [-0.25, -0.2) is 13.1 Å². The topological polar surface area (TPSA) is 58.2 Å². The van der Waals surface area contributed by atoms with Gasteiger partial charge in [0.2, 0.25) is 10.0 Å². The lowest BCUT2D eigenvalue weighted by Crippen LogP contribution is -2.23. The molecule has 0 atom stereocenters. The summed E-state index contributed by atoms with van der Waals surface area (Å²) in [7, 11) is -3.46. The minimum atomic E-state index is -3.46. The zero-order valence-electron chi connectivity index (χ0n) is 12.3. The standard InChI is InChI=1S/C16H18N2O2S.ClH/c1-12-3-2-4-16(7-12)21(19,20)18-9-13-5-6-14-10-17-11-15(14)8-13;/h2-8,17-18H,9-11H2,1H3;1H. The maximum atomic E-state index is 12.3. The zero-order valence-corrected chi connectivity index (χ0v) is 13.9. The lowest BCUT2D eigenvalue weighted by atomic mass is 10.1. The van der Waals surface area contributed by atoms with Crippen LogP contribution in [0.4, 0.5) is 0 Å². The highest BCUT2D eigenvalue weighted by atomic mass is 35.5. The van der Waals surface area contributed by atoms with Gasteiger partial charge in [-0.15, -0.1) is 12.4 Å². The number of fused-ring (bicyclic) bond motifs is 1. The van der Waals surface area contributed by atoms with Crippen molar-refractivity contribution >= 4 is 22.4 Å². The average molecular weight is 339 g/mol. The summed E-state index contributed by atoms with van der Waals surface area (Å²) < 4.78 is 27.2. The van der Waals surface area contributed by atoms with Crippen LogP contribution in [-0.2, 0) is 29.7 Å². The highest BCUT2D eigenvalue weighted by Crippen LogP contribution is 2.17. The number of aryl methyl sites for hydroxylation is 1. The maximum absolute atomic E-state index is 12.3. The first-order chi connectivity index (χ1) is 10.0. The molecule has 3 rings (SSSR count). The Labute approximate surface area is 137 Å². The van der Waals surface area contributed by atoms with Crippen LogP contribution in [0.25, 0.3) is 0 Å². The molecule has 0 spiro atoms. The fourth-order valence-corrected chi connectivity index (χ4v) is 3.62. The molecule has 4 nitrogen and oxygen atoms in total. The fourth-order valence-electron chi connectivity index (χ4n) is 2.50. The van der Waals surface area contributed by atoms with E-state index < -0.39 is 10.0 Å². The molecule has 0 saturated carbocycles. The SMILES string of the molecule is Cc1cccc(S(=O)(=O)NCc2ccc3c(c2)CNC3)c1.Cl. The molecule has 0 aromatic heterocycles. The van der Waals surface area contributed by atoms with Crippen molar-refractivity contribution in [2.24, 2.45) is 0 Å². The van der Waals surface area contributed by atoms with Gasteiger partial charge in [-0.05, 0) is 41.3 Å². The van der Waals surface area contributed by atoms with E-state index in [1.54, 1.807) is 18.2 Å². The number of nitrogens with one attached hydrogen (secondary N) is 2. The normalized spacial score (nSPS) is 13.5. The third-order valence-corrected chi connectivity index (χ3v) is 5.07. The van der Waals surface area contributed by atoms with Crippen LogP contribution in [0.2, 0.25) is 0 Å². The predicted molar refractivity (Wildman–Crippen MR) is 89.4 cm³/mol. The Morgan fingerprint density at radius 1 is 1.09 bits per heavy atom. The molecule has 0 unspecified atom stereocenters. The van der Waals surface area contributed by atoms with Crippen molar-refractivity contribution in [2.45, 2.75) is 31.5 Å². The van der Waals surface area contributed by atoms with E-state index in [2.05, 4.69) is 22.2 Å². The number of hydrogen-bond acceptors (Lipinski definition) is 3. The Morgan fingerprint density at radius 3 is 2.64 bits per heavy atom. The van der Waals surface area contributed by atoms with Crippen molar-refractivity contribution in [3.63, 3.8) is 0 Å². The number of rotatable bonds is 4. The van der Waals surface area contributed by atoms with Crippen molar-refractivity contribution in [3.05, 3.63) is 64.7 Å². The molecule has 22 heavy (non-hydrogen) atoms. The van der Waals surface area contributed by atoms with E-state index in [-0.39, 0.29) is 12.4 Å². The summed E-state index contributed by atoms with van der Waals surface area (Å²) >= 11 is 0. The molecule has 0 aliphatic carbocycles. The van der Waals surface area contributed by atoms with Crippen LogP contribution in [-0.4, -0.2) is 8.42 Å². The quantitative estimate of drug-likeness (QED) is 0.900. The molecule has 0 radical (unpaired) electrons. The highest BCUT2D eigenvalue weighted by Gasteiger charge is 2.15. The molecule has 118 valence electrons. The summed E-state index contributed by atoms with van der Waals surface area (Å²) in [6, 6.07) is 13.0. The number of sulfonamides is 1. The molecule has 1 aliphatic heterocycles. The van der Waals surface area contributed by atoms with Gasteiger partial charge < -0.3 is 5.32 Å². The second kappa shape index (κ2) is 6.79. The summed E-state index contributed by atoms with van der Waals surface area (Å²) in [5.74, 6) is 0. The molecule has 6 heteroatoms. The molecule has 1 heterocycles. The Kier molecular flexibility index (Phi) is 5.24. The highest BCUT2D eigenvalue weighted by molar-refractivity contribution is 7.89. The molecule has 2 aromatic rings. The van der Waals surface area contributed by atoms with Gasteiger partial charge in [0.15, 0.2) is 0 Å². The van der Waals surface area contributed by atoms with Crippen molar-refractivity contribution < 1.29 is 8.42 Å². The summed E-state index contributed by atoms with van der Waals surface area (Å²) in [6.45, 7) is 3.94. The van der Waals surface area contributed by atoms with Gasteiger partial charge >= 0.3 is 0 Å². The van der Waals surface area contributed by atoms with Gasteiger partial charge in [-0.3, -0.25) is 0 Å². The smallest absolute Gasteiger partial charge is 0.240 e. The average Bonchev–Trinajstić information content (AvgIpc) is 2.93. The molecule has 1 aliphatic rings. The summed E-state index contributed by atoms with van der Waals surface area (Å²) in [4.78, 5) is 0.310. The molecule has 0 fully saturated rings. The van der Waals surface area contributed by atoms with Gasteiger partial charge in [0.1, 0.15) is 0 Å². The third-order valence-electron chi connectivity index (χ3n) is 3.67. The lowest BCUT2D eigenvalue weighted by molar-refractivity contribution is 0.581. The van der Waals surface area contributed by atoms with Gasteiger partial charge in [0.05, 0.1) is 4.90 Å². The summed E-state index contributed by atoms with van der Waals surface area (Å²) in [5.41, 5.74) is 4.46. The first-order valence-corrected chi connectivity index (χ1v) is 8.41. The van der Waals surface area contributed by atoms with Crippen LogP contribution in [0.15, 0.2) is 47.4 Å². The van der Waals surface area contributed by atoms with Gasteiger partial charge in [0.25, 0.3) is 0 Å². The Bertz CT molecular complexity index is 775. The van der Waals surface area contributed by atoms with E-state index in [0.717, 1.165) is 24.2 Å². The van der Waals surface area contributed by atoms with Gasteiger partial charge in [0, 0.05) is 19.6 Å². The number of hydrogen-bond donors (Lipinski definition) is 2. The monoisotopic (exact) mass is 338 g/mol. The summed E-state index contributed by atoms with van der Waals surface area (Å²) in [5, 5.41) is 3.28. The molecule has 0 bridgehead atoms. The van der Waals surface area contributed by atoms with E-state index in [4.69, 9.17) is 0 Å². The first kappa shape index (κ1) is 17.0. The Balaban J connectivity index is 0.00000176. The van der Waals surface area contributed by atoms with Crippen LogP contribution in [0.5, 0.6) is 0 Å². The van der Waals surface area contributed by atoms with Crippen LogP contribution < -0.4 is 10.0 Å². The van der Waals surface area contributed by atoms with E-state index in [1.165, 1.54) is 11.1 Å². The maximum Gasteiger partial charge on any atom is 0.240 e. The number of benzene rings is 2. The second-order valence-electron chi connectivity index (χ2n) is 5.35. The van der Waals surface area contributed by atoms with Crippen LogP contribution >= 0.6 is 12.4 Å². The van der Waals surface area contributed by atoms with Crippen molar-refractivity contribution in [3.8, 4) is 0 Å². The van der Waals surface area contributed by atoms with Crippen LogP contribution in [0, 0.1) is 6.92 Å². The van der Waals surface area contributed by atoms with E-state index in [0.29, 0.717) is 11.4 Å². The van der Waals surface area contributed by atoms with Gasteiger partial charge in [-0.1, -0.05) is 30.3 Å². The zero-order chi connectivity index (χ0) is 14.9. The molecule has 0 saturated heterocycles. The minimum Gasteiger partial charge on any atom is -0.309 e. The minimum absolute atomic E-state index is 0. The fraction of sp³-hybridized carbons (Fsp3) is 0.250. The third kappa shape index (κ3) is 3.67. The molecular weight excluding hydrogens is 320 g/mol. The van der Waals surface area contributed by atoms with Crippen molar-refractivity contribution in [1.29, 1.82) is 0 Å². The molecule has 2 aromatic carbocycles. The van der Waals surface area contributed by atoms with E-state index in [1.807, 2.05) is 19.1 Å². The molecular formula is C16H19ClN2O2S. The van der Waals surface area contributed by atoms with Crippen molar-refractivity contribution in [1.82, 2.24) is 10.0 Å². The number of halogens is 1. The second-order valence-corrected chi connectivity index (χ2v) is 7.11. The lowest BCUT2D eigenvalue weighted by Gasteiger charge is -2.08. The summed E-state index contributed by atoms with van der Waals surface area (Å²) in [6.07, 6.45) is 0. The molecule has 2 N–H and O–H groups in total. The van der Waals surface area contributed by atoms with Crippen LogP contribution in [0.1, 0.15) is 22.3 Å². The van der Waals surface area contributed by atoms with Crippen LogP contribution in [0.3, 0.4) is 0 Å². The Morgan fingerprint density at radius 2 is 1.86 bits per heavy atom. The van der Waals surface area contributed by atoms with Gasteiger partial charge in [-0.2, -0.15) is 0 Å². The Hall–Kier alpha value is -1.40.